The van der Waals surface area contributed by atoms with Crippen LogP contribution in [-0.4, -0.2) is 38.9 Å². The van der Waals surface area contributed by atoms with E-state index in [0.29, 0.717) is 19.0 Å². The van der Waals surface area contributed by atoms with E-state index >= 15 is 0 Å². The lowest BCUT2D eigenvalue weighted by molar-refractivity contribution is 0.184. The Morgan fingerprint density at radius 3 is 2.69 bits per heavy atom. The van der Waals surface area contributed by atoms with Gasteiger partial charge in [-0.05, 0) is 56.0 Å². The molecule has 0 aliphatic rings. The number of aliphatic hydroxyl groups is 1. The molecule has 0 saturated heterocycles. The van der Waals surface area contributed by atoms with Gasteiger partial charge in [-0.1, -0.05) is 24.3 Å². The van der Waals surface area contributed by atoms with Crippen molar-refractivity contribution in [3.63, 3.8) is 0 Å². The Kier molecular flexibility index (Phi) is 6.82. The summed E-state index contributed by atoms with van der Waals surface area (Å²) in [6.07, 6.45) is 1.23. The molecule has 166 valence electrons. The van der Waals surface area contributed by atoms with Crippen LogP contribution < -0.4 is 10.6 Å². The SMILES string of the molecule is CCNC(=NCc1ccc(-n2nc(C)cc2C)nc1)NCC(O)c1cc2ccccc2s1. The number of hydrogen-bond acceptors (Lipinski definition) is 5. The second-order valence-electron chi connectivity index (χ2n) is 7.64. The maximum absolute atomic E-state index is 10.6. The average Bonchev–Trinajstić information content (AvgIpc) is 3.38. The fourth-order valence-corrected chi connectivity index (χ4v) is 4.52. The Morgan fingerprint density at radius 1 is 1.16 bits per heavy atom. The predicted molar refractivity (Wildman–Crippen MR) is 130 cm³/mol. The molecule has 0 amide bonds. The molecule has 0 radical (unpaired) electrons. The predicted octanol–water partition coefficient (Wildman–Crippen LogP) is 3.89. The van der Waals surface area contributed by atoms with E-state index in [0.717, 1.165) is 39.6 Å². The Balaban J connectivity index is 1.38. The first-order valence-corrected chi connectivity index (χ1v) is 11.5. The van der Waals surface area contributed by atoms with E-state index in [2.05, 4.69) is 37.8 Å². The second kappa shape index (κ2) is 9.93. The summed E-state index contributed by atoms with van der Waals surface area (Å²) in [5, 5.41) is 22.7. The fraction of sp³-hybridized carbons (Fsp3) is 0.292. The van der Waals surface area contributed by atoms with Crippen molar-refractivity contribution in [2.45, 2.75) is 33.4 Å². The number of aliphatic imine (C=N–C) groups is 1. The molecule has 4 aromatic rings. The third-order valence-electron chi connectivity index (χ3n) is 5.04. The first-order chi connectivity index (χ1) is 15.5. The topological polar surface area (TPSA) is 87.4 Å². The first-order valence-electron chi connectivity index (χ1n) is 10.7. The molecule has 0 aliphatic heterocycles. The summed E-state index contributed by atoms with van der Waals surface area (Å²) in [5.74, 6) is 1.45. The van der Waals surface area contributed by atoms with E-state index in [4.69, 9.17) is 0 Å². The molecule has 3 heterocycles. The molecule has 1 atom stereocenters. The second-order valence-corrected chi connectivity index (χ2v) is 8.76. The van der Waals surface area contributed by atoms with Gasteiger partial charge in [0, 0.05) is 34.6 Å². The molecule has 32 heavy (non-hydrogen) atoms. The van der Waals surface area contributed by atoms with Gasteiger partial charge in [0.15, 0.2) is 11.8 Å². The normalized spacial score (nSPS) is 12.8. The van der Waals surface area contributed by atoms with Crippen molar-refractivity contribution in [2.75, 3.05) is 13.1 Å². The average molecular weight is 449 g/mol. The maximum Gasteiger partial charge on any atom is 0.191 e. The highest BCUT2D eigenvalue weighted by atomic mass is 32.1. The Morgan fingerprint density at radius 2 is 2.00 bits per heavy atom. The quantitative estimate of drug-likeness (QED) is 0.295. The lowest BCUT2D eigenvalue weighted by Gasteiger charge is -2.14. The number of fused-ring (bicyclic) bond motifs is 1. The summed E-state index contributed by atoms with van der Waals surface area (Å²) in [5.41, 5.74) is 3.02. The summed E-state index contributed by atoms with van der Waals surface area (Å²) in [6, 6.07) is 16.2. The molecular formula is C24H28N6OS. The van der Waals surface area contributed by atoms with E-state index in [9.17, 15) is 5.11 Å². The smallest absolute Gasteiger partial charge is 0.191 e. The van der Waals surface area contributed by atoms with Gasteiger partial charge >= 0.3 is 0 Å². The highest BCUT2D eigenvalue weighted by Gasteiger charge is 2.12. The van der Waals surface area contributed by atoms with Crippen LogP contribution in [0.4, 0.5) is 0 Å². The van der Waals surface area contributed by atoms with Crippen molar-refractivity contribution in [1.29, 1.82) is 0 Å². The highest BCUT2D eigenvalue weighted by molar-refractivity contribution is 7.19. The molecule has 1 unspecified atom stereocenters. The summed E-state index contributed by atoms with van der Waals surface area (Å²) >= 11 is 1.62. The number of aromatic nitrogens is 3. The van der Waals surface area contributed by atoms with Crippen molar-refractivity contribution in [2.24, 2.45) is 4.99 Å². The number of nitrogens with zero attached hydrogens (tertiary/aromatic N) is 4. The van der Waals surface area contributed by atoms with Crippen LogP contribution in [0.25, 0.3) is 15.9 Å². The highest BCUT2D eigenvalue weighted by Crippen LogP contribution is 2.29. The summed E-state index contributed by atoms with van der Waals surface area (Å²) in [4.78, 5) is 10.1. The van der Waals surface area contributed by atoms with Crippen LogP contribution >= 0.6 is 11.3 Å². The molecule has 0 spiro atoms. The molecule has 3 aromatic heterocycles. The molecule has 1 aromatic carbocycles. The number of thiophene rings is 1. The first kappa shape index (κ1) is 22.0. The number of pyridine rings is 1. The van der Waals surface area contributed by atoms with Gasteiger partial charge in [-0.3, -0.25) is 0 Å². The van der Waals surface area contributed by atoms with Gasteiger partial charge in [-0.2, -0.15) is 5.10 Å². The molecule has 0 saturated carbocycles. The molecule has 8 heteroatoms. The lowest BCUT2D eigenvalue weighted by Crippen LogP contribution is -2.39. The molecule has 0 fully saturated rings. The van der Waals surface area contributed by atoms with Crippen molar-refractivity contribution in [3.05, 3.63) is 76.6 Å². The minimum atomic E-state index is -0.599. The van der Waals surface area contributed by atoms with Gasteiger partial charge < -0.3 is 15.7 Å². The Hall–Kier alpha value is -3.23. The summed E-state index contributed by atoms with van der Waals surface area (Å²) in [6.45, 7) is 7.61. The van der Waals surface area contributed by atoms with E-state index in [-0.39, 0.29) is 0 Å². The van der Waals surface area contributed by atoms with Crippen LogP contribution in [0.3, 0.4) is 0 Å². The maximum atomic E-state index is 10.6. The number of aliphatic hydroxyl groups excluding tert-OH is 1. The van der Waals surface area contributed by atoms with E-state index in [1.54, 1.807) is 11.3 Å². The van der Waals surface area contributed by atoms with Crippen LogP contribution in [0.5, 0.6) is 0 Å². The van der Waals surface area contributed by atoms with E-state index in [1.807, 2.05) is 68.0 Å². The molecule has 0 bridgehead atoms. The molecule has 3 N–H and O–H groups in total. The third-order valence-corrected chi connectivity index (χ3v) is 6.25. The van der Waals surface area contributed by atoms with Gasteiger partial charge in [0.1, 0.15) is 6.10 Å². The molecule has 7 nitrogen and oxygen atoms in total. The molecule has 4 rings (SSSR count). The molecule has 0 aliphatic carbocycles. The monoisotopic (exact) mass is 448 g/mol. The zero-order chi connectivity index (χ0) is 22.5. The van der Waals surface area contributed by atoms with Crippen molar-refractivity contribution in [1.82, 2.24) is 25.4 Å². The van der Waals surface area contributed by atoms with Crippen LogP contribution in [0, 0.1) is 13.8 Å². The number of benzene rings is 1. The molecular weight excluding hydrogens is 420 g/mol. The van der Waals surface area contributed by atoms with Crippen LogP contribution in [0.2, 0.25) is 0 Å². The number of nitrogens with one attached hydrogen (secondary N) is 2. The van der Waals surface area contributed by atoms with Gasteiger partial charge in [0.25, 0.3) is 0 Å². The lowest BCUT2D eigenvalue weighted by atomic mass is 10.2. The minimum Gasteiger partial charge on any atom is -0.386 e. The number of hydrogen-bond donors (Lipinski definition) is 3. The van der Waals surface area contributed by atoms with E-state index in [1.165, 1.54) is 4.70 Å². The van der Waals surface area contributed by atoms with Crippen molar-refractivity contribution < 1.29 is 5.11 Å². The standard InChI is InChI=1S/C24H28N6OS/c1-4-25-24(28-15-20(31)22-12-19-7-5-6-8-21(19)32-22)27-14-18-9-10-23(26-13-18)30-17(3)11-16(2)29-30/h5-13,20,31H,4,14-15H2,1-3H3,(H2,25,27,28). The van der Waals surface area contributed by atoms with Crippen LogP contribution in [-0.2, 0) is 6.54 Å². The largest absolute Gasteiger partial charge is 0.386 e. The fourth-order valence-electron chi connectivity index (χ4n) is 3.47. The zero-order valence-electron chi connectivity index (χ0n) is 18.5. The Bertz CT molecular complexity index is 1180. The number of aryl methyl sites for hydroxylation is 2. The Labute approximate surface area is 191 Å². The van der Waals surface area contributed by atoms with Crippen molar-refractivity contribution >= 4 is 27.4 Å². The van der Waals surface area contributed by atoms with Gasteiger partial charge in [-0.25, -0.2) is 14.7 Å². The van der Waals surface area contributed by atoms with Crippen molar-refractivity contribution in [3.8, 4) is 5.82 Å². The van der Waals surface area contributed by atoms with Crippen LogP contribution in [0.1, 0.15) is 34.9 Å². The van der Waals surface area contributed by atoms with Crippen LogP contribution in [0.15, 0.2) is 59.7 Å². The summed E-state index contributed by atoms with van der Waals surface area (Å²) in [7, 11) is 0. The van der Waals surface area contributed by atoms with Gasteiger partial charge in [0.2, 0.25) is 0 Å². The summed E-state index contributed by atoms with van der Waals surface area (Å²) < 4.78 is 3.02. The number of guanidine groups is 1. The van der Waals surface area contributed by atoms with Gasteiger partial charge in [0.05, 0.1) is 12.2 Å². The van der Waals surface area contributed by atoms with E-state index < -0.39 is 6.10 Å². The zero-order valence-corrected chi connectivity index (χ0v) is 19.4. The minimum absolute atomic E-state index is 0.383. The third kappa shape index (κ3) is 5.15. The van der Waals surface area contributed by atoms with Gasteiger partial charge in [-0.15, -0.1) is 11.3 Å². The number of rotatable bonds is 7.